The molecule has 0 amide bonds. The summed E-state index contributed by atoms with van der Waals surface area (Å²) in [5, 5.41) is 5.03. The molecule has 0 atom stereocenters. The second-order valence-electron chi connectivity index (χ2n) is 14.5. The van der Waals surface area contributed by atoms with Crippen molar-refractivity contribution in [3.8, 4) is 55.6 Å². The maximum absolute atomic E-state index is 2.40. The van der Waals surface area contributed by atoms with E-state index in [-0.39, 0.29) is 0 Å². The van der Waals surface area contributed by atoms with Crippen LogP contribution in [0.2, 0.25) is 0 Å². The predicted molar refractivity (Wildman–Crippen MR) is 243 cm³/mol. The molecule has 10 aromatic rings. The van der Waals surface area contributed by atoms with Crippen LogP contribution in [0.15, 0.2) is 237 Å². The zero-order valence-corrected chi connectivity index (χ0v) is 31.5. The molecule has 268 valence electrons. The van der Waals surface area contributed by atoms with E-state index < -0.39 is 0 Å². The first-order chi connectivity index (χ1) is 28.3. The SMILES string of the molecule is c1ccc(-c2cccc(-c3ccc(N(c4cccc(-c5cc6ccccc6c6ccccc56)c4)c4ccc(-c5ccccc5)c(-c5ccccc5)c4)cc3)c2)cc1. The summed E-state index contributed by atoms with van der Waals surface area (Å²) in [6.07, 6.45) is 0. The van der Waals surface area contributed by atoms with Crippen molar-refractivity contribution in [2.45, 2.75) is 0 Å². The number of anilines is 3. The van der Waals surface area contributed by atoms with E-state index in [1.165, 1.54) is 77.2 Å². The van der Waals surface area contributed by atoms with Gasteiger partial charge in [0.2, 0.25) is 0 Å². The molecular weight excluding hydrogens is 687 g/mol. The lowest BCUT2D eigenvalue weighted by molar-refractivity contribution is 1.28. The van der Waals surface area contributed by atoms with E-state index in [9.17, 15) is 0 Å². The quantitative estimate of drug-likeness (QED) is 0.141. The Labute approximate surface area is 334 Å². The molecule has 10 aromatic carbocycles. The Bertz CT molecular complexity index is 2990. The molecule has 0 spiro atoms. The molecule has 1 heteroatoms. The topological polar surface area (TPSA) is 3.24 Å². The van der Waals surface area contributed by atoms with Crippen LogP contribution in [0.4, 0.5) is 17.1 Å². The summed E-state index contributed by atoms with van der Waals surface area (Å²) >= 11 is 0. The lowest BCUT2D eigenvalue weighted by Crippen LogP contribution is -2.10. The molecule has 0 saturated heterocycles. The highest BCUT2D eigenvalue weighted by Gasteiger charge is 2.18. The maximum Gasteiger partial charge on any atom is 0.0468 e. The molecule has 0 aliphatic carbocycles. The van der Waals surface area contributed by atoms with Crippen LogP contribution in [-0.4, -0.2) is 0 Å². The van der Waals surface area contributed by atoms with Gasteiger partial charge >= 0.3 is 0 Å². The molecule has 0 N–H and O–H groups in total. The first-order valence-corrected chi connectivity index (χ1v) is 19.6. The van der Waals surface area contributed by atoms with Gasteiger partial charge in [0, 0.05) is 17.1 Å². The summed E-state index contributed by atoms with van der Waals surface area (Å²) in [7, 11) is 0. The van der Waals surface area contributed by atoms with Crippen LogP contribution in [0.25, 0.3) is 77.2 Å². The van der Waals surface area contributed by atoms with Gasteiger partial charge in [-0.05, 0) is 126 Å². The third-order valence-electron chi connectivity index (χ3n) is 11.0. The van der Waals surface area contributed by atoms with E-state index in [0.29, 0.717) is 0 Å². The van der Waals surface area contributed by atoms with Crippen LogP contribution >= 0.6 is 0 Å². The van der Waals surface area contributed by atoms with E-state index in [1.54, 1.807) is 0 Å². The smallest absolute Gasteiger partial charge is 0.0468 e. The fourth-order valence-corrected chi connectivity index (χ4v) is 8.26. The summed E-state index contributed by atoms with van der Waals surface area (Å²) in [6.45, 7) is 0. The molecule has 0 heterocycles. The Kier molecular flexibility index (Phi) is 8.95. The minimum Gasteiger partial charge on any atom is -0.310 e. The fraction of sp³-hybridized carbons (Fsp3) is 0. The van der Waals surface area contributed by atoms with Gasteiger partial charge in [-0.3, -0.25) is 0 Å². The lowest BCUT2D eigenvalue weighted by Gasteiger charge is -2.27. The molecule has 0 aromatic heterocycles. The highest BCUT2D eigenvalue weighted by atomic mass is 15.1. The summed E-state index contributed by atoms with van der Waals surface area (Å²) in [5.74, 6) is 0. The van der Waals surface area contributed by atoms with Gasteiger partial charge in [-0.25, -0.2) is 0 Å². The molecule has 10 rings (SSSR count). The van der Waals surface area contributed by atoms with Gasteiger partial charge < -0.3 is 4.90 Å². The van der Waals surface area contributed by atoms with Crippen molar-refractivity contribution >= 4 is 38.6 Å². The van der Waals surface area contributed by atoms with Crippen molar-refractivity contribution in [2.75, 3.05) is 4.90 Å². The monoisotopic (exact) mass is 725 g/mol. The van der Waals surface area contributed by atoms with Crippen molar-refractivity contribution < 1.29 is 0 Å². The van der Waals surface area contributed by atoms with E-state index in [1.807, 2.05) is 0 Å². The zero-order chi connectivity index (χ0) is 38.0. The molecule has 0 saturated carbocycles. The Balaban J connectivity index is 1.14. The van der Waals surface area contributed by atoms with Gasteiger partial charge in [-0.1, -0.05) is 188 Å². The Morgan fingerprint density at radius 3 is 1.40 bits per heavy atom. The maximum atomic E-state index is 2.40. The molecule has 0 radical (unpaired) electrons. The van der Waals surface area contributed by atoms with Crippen molar-refractivity contribution in [1.82, 2.24) is 0 Å². The molecule has 57 heavy (non-hydrogen) atoms. The van der Waals surface area contributed by atoms with Crippen LogP contribution < -0.4 is 4.90 Å². The molecule has 1 nitrogen and oxygen atoms in total. The minimum absolute atomic E-state index is 1.09. The van der Waals surface area contributed by atoms with Gasteiger partial charge in [-0.15, -0.1) is 0 Å². The van der Waals surface area contributed by atoms with Crippen LogP contribution in [-0.2, 0) is 0 Å². The van der Waals surface area contributed by atoms with Crippen LogP contribution in [0.5, 0.6) is 0 Å². The third-order valence-corrected chi connectivity index (χ3v) is 11.0. The number of benzene rings is 10. The number of hydrogen-bond donors (Lipinski definition) is 0. The van der Waals surface area contributed by atoms with Gasteiger partial charge in [0.15, 0.2) is 0 Å². The highest BCUT2D eigenvalue weighted by molar-refractivity contribution is 6.14. The number of hydrogen-bond acceptors (Lipinski definition) is 1. The first kappa shape index (κ1) is 34.0. The van der Waals surface area contributed by atoms with Crippen molar-refractivity contribution in [2.24, 2.45) is 0 Å². The predicted octanol–water partition coefficient (Wildman–Crippen LogP) is 15.8. The Morgan fingerprint density at radius 2 is 0.702 bits per heavy atom. The number of rotatable bonds is 8. The second-order valence-corrected chi connectivity index (χ2v) is 14.5. The largest absolute Gasteiger partial charge is 0.310 e. The van der Waals surface area contributed by atoms with E-state index >= 15 is 0 Å². The third kappa shape index (κ3) is 6.66. The number of fused-ring (bicyclic) bond motifs is 3. The molecule has 0 aliphatic heterocycles. The van der Waals surface area contributed by atoms with Gasteiger partial charge in [0.1, 0.15) is 0 Å². The normalized spacial score (nSPS) is 11.2. The van der Waals surface area contributed by atoms with Gasteiger partial charge in [0.25, 0.3) is 0 Å². The second kappa shape index (κ2) is 15.0. The summed E-state index contributed by atoms with van der Waals surface area (Å²) in [6, 6.07) is 85.7. The average Bonchev–Trinajstić information content (AvgIpc) is 3.30. The standard InChI is InChI=1S/C56H39N/c1-4-16-40(17-5-1)44-23-14-24-45(36-44)41-30-32-48(33-31-41)57(50-34-35-52(42-18-6-2-7-19-42)56(39-50)43-20-8-3-9-21-43)49-26-15-25-46(37-49)55-38-47-22-10-11-27-51(47)53-28-12-13-29-54(53)55/h1-39H. The molecular formula is C56H39N. The highest BCUT2D eigenvalue weighted by Crippen LogP contribution is 2.43. The van der Waals surface area contributed by atoms with Crippen LogP contribution in [0.3, 0.4) is 0 Å². The lowest BCUT2D eigenvalue weighted by atomic mass is 9.92. The van der Waals surface area contributed by atoms with Crippen molar-refractivity contribution in [1.29, 1.82) is 0 Å². The van der Waals surface area contributed by atoms with Gasteiger partial charge in [0.05, 0.1) is 0 Å². The van der Waals surface area contributed by atoms with Crippen LogP contribution in [0.1, 0.15) is 0 Å². The van der Waals surface area contributed by atoms with Crippen LogP contribution in [0, 0.1) is 0 Å². The van der Waals surface area contributed by atoms with E-state index in [4.69, 9.17) is 0 Å². The molecule has 0 unspecified atom stereocenters. The van der Waals surface area contributed by atoms with Crippen molar-refractivity contribution in [3.05, 3.63) is 237 Å². The Morgan fingerprint density at radius 1 is 0.211 bits per heavy atom. The summed E-state index contributed by atoms with van der Waals surface area (Å²) in [4.78, 5) is 2.40. The summed E-state index contributed by atoms with van der Waals surface area (Å²) < 4.78 is 0. The first-order valence-electron chi connectivity index (χ1n) is 19.6. The molecule has 0 aliphatic rings. The fourth-order valence-electron chi connectivity index (χ4n) is 8.26. The molecule has 0 bridgehead atoms. The minimum atomic E-state index is 1.09. The van der Waals surface area contributed by atoms with Crippen molar-refractivity contribution in [3.63, 3.8) is 0 Å². The van der Waals surface area contributed by atoms with E-state index in [2.05, 4.69) is 241 Å². The average molecular weight is 726 g/mol. The van der Waals surface area contributed by atoms with E-state index in [0.717, 1.165) is 17.1 Å². The molecule has 0 fully saturated rings. The Hall–Kier alpha value is -7.48. The van der Waals surface area contributed by atoms with Gasteiger partial charge in [-0.2, -0.15) is 0 Å². The number of nitrogens with zero attached hydrogens (tertiary/aromatic N) is 1. The zero-order valence-electron chi connectivity index (χ0n) is 31.5. The summed E-state index contributed by atoms with van der Waals surface area (Å²) in [5.41, 5.74) is 15.2.